The molecule has 1 aromatic carbocycles. The highest BCUT2D eigenvalue weighted by atomic mass is 17.2. The monoisotopic (exact) mass is 264 g/mol. The fourth-order valence-corrected chi connectivity index (χ4v) is 2.06. The van der Waals surface area contributed by atoms with Crippen molar-refractivity contribution in [2.75, 3.05) is 0 Å². The summed E-state index contributed by atoms with van der Waals surface area (Å²) in [6.45, 7) is 15.1. The molecule has 1 unspecified atom stereocenters. The van der Waals surface area contributed by atoms with Crippen LogP contribution >= 0.6 is 0 Å². The molecule has 1 rings (SSSR count). The zero-order chi connectivity index (χ0) is 14.6. The highest BCUT2D eigenvalue weighted by Crippen LogP contribution is 2.31. The Morgan fingerprint density at radius 2 is 1.53 bits per heavy atom. The van der Waals surface area contributed by atoms with E-state index in [2.05, 4.69) is 54.5 Å². The molecule has 0 bridgehead atoms. The van der Waals surface area contributed by atoms with E-state index in [0.717, 1.165) is 5.75 Å². The summed E-state index contributed by atoms with van der Waals surface area (Å²) < 4.78 is 0. The SMILES string of the molecule is CC(C)c1ccccc1OOC(C)(C)C(C)C(C)C. The standard InChI is InChI=1S/C17H28O2/c1-12(2)14(5)17(6,7)19-18-16-11-9-8-10-15(16)13(3)4/h8-14H,1-7H3. The smallest absolute Gasteiger partial charge is 0.168 e. The van der Waals surface area contributed by atoms with Gasteiger partial charge in [-0.1, -0.05) is 52.8 Å². The van der Waals surface area contributed by atoms with Crippen molar-refractivity contribution in [1.82, 2.24) is 0 Å². The van der Waals surface area contributed by atoms with Crippen molar-refractivity contribution >= 4 is 0 Å². The van der Waals surface area contributed by atoms with Crippen molar-refractivity contribution in [3.8, 4) is 5.75 Å². The molecular weight excluding hydrogens is 236 g/mol. The van der Waals surface area contributed by atoms with E-state index in [1.54, 1.807) is 0 Å². The van der Waals surface area contributed by atoms with E-state index < -0.39 is 0 Å². The van der Waals surface area contributed by atoms with Gasteiger partial charge in [0.2, 0.25) is 0 Å². The molecule has 0 heterocycles. The van der Waals surface area contributed by atoms with E-state index in [1.165, 1.54) is 5.56 Å². The lowest BCUT2D eigenvalue weighted by Gasteiger charge is -2.33. The van der Waals surface area contributed by atoms with Crippen molar-refractivity contribution in [2.24, 2.45) is 11.8 Å². The Bertz CT molecular complexity index is 394. The van der Waals surface area contributed by atoms with Gasteiger partial charge in [0.15, 0.2) is 5.75 Å². The van der Waals surface area contributed by atoms with Crippen LogP contribution in [-0.2, 0) is 4.89 Å². The molecule has 0 radical (unpaired) electrons. The molecule has 19 heavy (non-hydrogen) atoms. The van der Waals surface area contributed by atoms with Crippen molar-refractivity contribution < 1.29 is 9.78 Å². The first-order valence-corrected chi connectivity index (χ1v) is 7.20. The summed E-state index contributed by atoms with van der Waals surface area (Å²) >= 11 is 0. The number of rotatable bonds is 6. The lowest BCUT2D eigenvalue weighted by atomic mass is 9.84. The maximum absolute atomic E-state index is 5.73. The Kier molecular flexibility index (Phi) is 5.42. The second-order valence-corrected chi connectivity index (χ2v) is 6.50. The molecule has 0 aliphatic rings. The van der Waals surface area contributed by atoms with E-state index in [-0.39, 0.29) is 5.60 Å². The first-order chi connectivity index (χ1) is 8.75. The Morgan fingerprint density at radius 3 is 2.05 bits per heavy atom. The van der Waals surface area contributed by atoms with Crippen molar-refractivity contribution in [2.45, 2.75) is 60.0 Å². The molecular formula is C17H28O2. The van der Waals surface area contributed by atoms with E-state index in [9.17, 15) is 0 Å². The molecule has 108 valence electrons. The lowest BCUT2D eigenvalue weighted by Crippen LogP contribution is -2.37. The molecule has 0 aromatic heterocycles. The first kappa shape index (κ1) is 16.0. The van der Waals surface area contributed by atoms with E-state index >= 15 is 0 Å². The van der Waals surface area contributed by atoms with E-state index in [0.29, 0.717) is 17.8 Å². The van der Waals surface area contributed by atoms with Gasteiger partial charge in [0, 0.05) is 5.56 Å². The summed E-state index contributed by atoms with van der Waals surface area (Å²) in [7, 11) is 0. The van der Waals surface area contributed by atoms with Gasteiger partial charge in [-0.05, 0) is 37.7 Å². The van der Waals surface area contributed by atoms with Gasteiger partial charge in [-0.3, -0.25) is 0 Å². The normalized spacial score (nSPS) is 13.9. The highest BCUT2D eigenvalue weighted by Gasteiger charge is 2.31. The fraction of sp³-hybridized carbons (Fsp3) is 0.647. The van der Waals surface area contributed by atoms with Gasteiger partial charge in [0.25, 0.3) is 0 Å². The molecule has 1 atom stereocenters. The molecule has 2 heteroatoms. The molecule has 0 fully saturated rings. The summed E-state index contributed by atoms with van der Waals surface area (Å²) in [5.41, 5.74) is 0.869. The summed E-state index contributed by atoms with van der Waals surface area (Å²) in [6, 6.07) is 8.06. The quantitative estimate of drug-likeness (QED) is 0.520. The van der Waals surface area contributed by atoms with Crippen molar-refractivity contribution in [1.29, 1.82) is 0 Å². The Morgan fingerprint density at radius 1 is 0.947 bits per heavy atom. The predicted molar refractivity (Wildman–Crippen MR) is 80.3 cm³/mol. The Labute approximate surface area is 118 Å². The molecule has 0 N–H and O–H groups in total. The van der Waals surface area contributed by atoms with E-state index in [1.807, 2.05) is 18.2 Å². The maximum atomic E-state index is 5.73. The van der Waals surface area contributed by atoms with Crippen molar-refractivity contribution in [3.05, 3.63) is 29.8 Å². The minimum atomic E-state index is -0.307. The fourth-order valence-electron chi connectivity index (χ4n) is 2.06. The Hall–Kier alpha value is -1.02. The van der Waals surface area contributed by atoms with Crippen LogP contribution in [-0.4, -0.2) is 5.60 Å². The molecule has 0 aliphatic carbocycles. The highest BCUT2D eigenvalue weighted by molar-refractivity contribution is 5.35. The minimum absolute atomic E-state index is 0.307. The second-order valence-electron chi connectivity index (χ2n) is 6.50. The zero-order valence-electron chi connectivity index (χ0n) is 13.4. The molecule has 0 saturated heterocycles. The van der Waals surface area contributed by atoms with Crippen LogP contribution in [0.5, 0.6) is 5.75 Å². The van der Waals surface area contributed by atoms with Crippen LogP contribution in [0.3, 0.4) is 0 Å². The Balaban J connectivity index is 2.77. The van der Waals surface area contributed by atoms with Gasteiger partial charge in [-0.15, -0.1) is 0 Å². The van der Waals surface area contributed by atoms with E-state index in [4.69, 9.17) is 9.78 Å². The van der Waals surface area contributed by atoms with Gasteiger partial charge < -0.3 is 4.89 Å². The third-order valence-corrected chi connectivity index (χ3v) is 3.98. The largest absolute Gasteiger partial charge is 0.337 e. The topological polar surface area (TPSA) is 18.5 Å². The van der Waals surface area contributed by atoms with Crippen LogP contribution in [0.25, 0.3) is 0 Å². The third kappa shape index (κ3) is 4.24. The van der Waals surface area contributed by atoms with Crippen LogP contribution in [0.1, 0.15) is 59.9 Å². The number of hydrogen-bond acceptors (Lipinski definition) is 2. The molecule has 0 spiro atoms. The van der Waals surface area contributed by atoms with Crippen molar-refractivity contribution in [3.63, 3.8) is 0 Å². The molecule has 0 amide bonds. The van der Waals surface area contributed by atoms with Crippen LogP contribution in [0.2, 0.25) is 0 Å². The van der Waals surface area contributed by atoms with Gasteiger partial charge in [0.1, 0.15) is 5.60 Å². The minimum Gasteiger partial charge on any atom is -0.337 e. The van der Waals surface area contributed by atoms with Crippen LogP contribution in [0, 0.1) is 11.8 Å². The molecule has 0 saturated carbocycles. The molecule has 1 aromatic rings. The molecule has 0 aliphatic heterocycles. The van der Waals surface area contributed by atoms with Gasteiger partial charge in [0.05, 0.1) is 0 Å². The van der Waals surface area contributed by atoms with Gasteiger partial charge >= 0.3 is 0 Å². The third-order valence-electron chi connectivity index (χ3n) is 3.98. The summed E-state index contributed by atoms with van der Waals surface area (Å²) in [4.78, 5) is 11.4. The summed E-state index contributed by atoms with van der Waals surface area (Å²) in [5, 5.41) is 0. The average Bonchev–Trinajstić information content (AvgIpc) is 2.35. The number of para-hydroxylation sites is 1. The van der Waals surface area contributed by atoms with Crippen LogP contribution in [0.4, 0.5) is 0 Å². The summed E-state index contributed by atoms with van der Waals surface area (Å²) in [6.07, 6.45) is 0. The second kappa shape index (κ2) is 6.42. The van der Waals surface area contributed by atoms with Crippen LogP contribution in [0.15, 0.2) is 24.3 Å². The first-order valence-electron chi connectivity index (χ1n) is 7.20. The number of hydrogen-bond donors (Lipinski definition) is 0. The summed E-state index contributed by atoms with van der Waals surface area (Å²) in [5.74, 6) is 2.21. The maximum Gasteiger partial charge on any atom is 0.168 e. The number of benzene rings is 1. The molecule has 2 nitrogen and oxygen atoms in total. The van der Waals surface area contributed by atoms with Gasteiger partial charge in [-0.2, -0.15) is 4.89 Å². The van der Waals surface area contributed by atoms with Crippen LogP contribution < -0.4 is 4.89 Å². The zero-order valence-corrected chi connectivity index (χ0v) is 13.4. The predicted octanol–water partition coefficient (Wildman–Crippen LogP) is 5.19. The van der Waals surface area contributed by atoms with Gasteiger partial charge in [-0.25, -0.2) is 0 Å². The average molecular weight is 264 g/mol. The lowest BCUT2D eigenvalue weighted by molar-refractivity contribution is -0.298.